The zero-order valence-electron chi connectivity index (χ0n) is 19.3. The zero-order valence-corrected chi connectivity index (χ0v) is 20.9. The number of nitrogens with one attached hydrogen (secondary N) is 1. The van der Waals surface area contributed by atoms with E-state index in [0.29, 0.717) is 23.3 Å². The van der Waals surface area contributed by atoms with Gasteiger partial charge in [0.05, 0.1) is 11.3 Å². The number of hydrogen-bond donors (Lipinski definition) is 2. The van der Waals surface area contributed by atoms with Crippen molar-refractivity contribution in [3.63, 3.8) is 0 Å². The van der Waals surface area contributed by atoms with Crippen LogP contribution in [-0.4, -0.2) is 27.8 Å². The number of thiophene rings is 1. The van der Waals surface area contributed by atoms with Crippen LogP contribution in [0, 0.1) is 5.92 Å². The molecule has 4 aromatic rings. The van der Waals surface area contributed by atoms with E-state index >= 15 is 0 Å². The number of pyridine rings is 1. The van der Waals surface area contributed by atoms with E-state index in [2.05, 4.69) is 29.1 Å². The number of benzene rings is 1. The Kier molecular flexibility index (Phi) is 8.59. The van der Waals surface area contributed by atoms with Gasteiger partial charge in [0.2, 0.25) is 0 Å². The minimum absolute atomic E-state index is 0.190. The van der Waals surface area contributed by atoms with Crippen molar-refractivity contribution >= 4 is 46.4 Å². The fourth-order valence-corrected chi connectivity index (χ4v) is 5.29. The van der Waals surface area contributed by atoms with Gasteiger partial charge in [0, 0.05) is 21.5 Å². The van der Waals surface area contributed by atoms with Gasteiger partial charge in [-0.25, -0.2) is 14.8 Å². The third-order valence-corrected chi connectivity index (χ3v) is 6.84. The number of nitrogens with zero attached hydrogens (tertiary/aromatic N) is 2. The third-order valence-electron chi connectivity index (χ3n) is 4.93. The highest BCUT2D eigenvalue weighted by atomic mass is 32.1. The van der Waals surface area contributed by atoms with Crippen LogP contribution < -0.4 is 5.32 Å². The fourth-order valence-electron chi connectivity index (χ4n) is 3.36. The highest BCUT2D eigenvalue weighted by Crippen LogP contribution is 2.37. The molecule has 0 spiro atoms. The number of anilines is 2. The Morgan fingerprint density at radius 2 is 1.81 bits per heavy atom. The number of halogens is 3. The highest BCUT2D eigenvalue weighted by molar-refractivity contribution is 7.16. The molecule has 0 saturated heterocycles. The minimum Gasteiger partial charge on any atom is -0.478 e. The molecule has 11 heteroatoms. The van der Waals surface area contributed by atoms with Crippen LogP contribution in [0.5, 0.6) is 0 Å². The Bertz CT molecular complexity index is 1320. The molecule has 0 saturated carbocycles. The number of carbonyl (C=O) groups excluding carboxylic acids is 1. The normalized spacial score (nSPS) is 11.2. The van der Waals surface area contributed by atoms with Gasteiger partial charge < -0.3 is 15.2 Å². The molecule has 0 atom stereocenters. The first kappa shape index (κ1) is 27.0. The van der Waals surface area contributed by atoms with E-state index in [1.165, 1.54) is 11.3 Å². The smallest absolute Gasteiger partial charge is 0.417 e. The molecule has 2 N–H and O–H groups in total. The second kappa shape index (κ2) is 11.4. The monoisotopic (exact) mass is 533 g/mol. The molecule has 0 unspecified atom stereocenters. The quantitative estimate of drug-likeness (QED) is 0.257. The van der Waals surface area contributed by atoms with E-state index in [1.54, 1.807) is 11.3 Å². The molecular weight excluding hydrogens is 511 g/mol. The predicted molar refractivity (Wildman–Crippen MR) is 136 cm³/mol. The van der Waals surface area contributed by atoms with Crippen LogP contribution in [0.3, 0.4) is 0 Å². The van der Waals surface area contributed by atoms with E-state index < -0.39 is 23.3 Å². The number of carboxylic acid groups (broad SMARTS) is 1. The van der Waals surface area contributed by atoms with Crippen LogP contribution in [0.25, 0.3) is 21.7 Å². The topological polar surface area (TPSA) is 92.2 Å². The Labute approximate surface area is 213 Å². The second-order valence-corrected chi connectivity index (χ2v) is 10.0. The van der Waals surface area contributed by atoms with Crippen molar-refractivity contribution in [1.82, 2.24) is 9.97 Å². The van der Waals surface area contributed by atoms with E-state index in [1.807, 2.05) is 48.6 Å². The van der Waals surface area contributed by atoms with Crippen LogP contribution in [0.1, 0.15) is 34.6 Å². The molecule has 6 nitrogen and oxygen atoms in total. The lowest BCUT2D eigenvalue weighted by molar-refractivity contribution is -0.137. The summed E-state index contributed by atoms with van der Waals surface area (Å²) in [5, 5.41) is 14.6. The van der Waals surface area contributed by atoms with Crippen molar-refractivity contribution < 1.29 is 27.9 Å². The molecule has 3 aromatic heterocycles. The molecule has 0 aliphatic heterocycles. The van der Waals surface area contributed by atoms with Crippen molar-refractivity contribution in [3.8, 4) is 21.7 Å². The summed E-state index contributed by atoms with van der Waals surface area (Å²) in [6.07, 6.45) is -3.33. The zero-order chi connectivity index (χ0) is 26.5. The Morgan fingerprint density at radius 1 is 1.14 bits per heavy atom. The Hall–Kier alpha value is -3.57. The van der Waals surface area contributed by atoms with E-state index in [0.717, 1.165) is 33.0 Å². The van der Waals surface area contributed by atoms with Crippen LogP contribution in [0.15, 0.2) is 54.0 Å². The summed E-state index contributed by atoms with van der Waals surface area (Å²) in [5.41, 5.74) is 1.05. The van der Waals surface area contributed by atoms with Gasteiger partial charge in [-0.15, -0.1) is 22.7 Å². The van der Waals surface area contributed by atoms with Gasteiger partial charge >= 0.3 is 12.1 Å². The molecular formula is C25H22F3N3O3S2. The lowest BCUT2D eigenvalue weighted by Gasteiger charge is -2.10. The lowest BCUT2D eigenvalue weighted by atomic mass is 10.0. The van der Waals surface area contributed by atoms with E-state index in [-0.39, 0.29) is 5.82 Å². The maximum absolute atomic E-state index is 13.0. The van der Waals surface area contributed by atoms with Gasteiger partial charge in [-0.1, -0.05) is 44.2 Å². The molecule has 0 fully saturated rings. The van der Waals surface area contributed by atoms with Crippen LogP contribution in [0.4, 0.5) is 24.1 Å². The summed E-state index contributed by atoms with van der Waals surface area (Å²) in [5.74, 6) is -1.36. The average Bonchev–Trinajstić information content (AvgIpc) is 3.50. The molecule has 0 bridgehead atoms. The van der Waals surface area contributed by atoms with Crippen LogP contribution >= 0.6 is 22.7 Å². The first-order chi connectivity index (χ1) is 17.1. The van der Waals surface area contributed by atoms with Crippen molar-refractivity contribution in [2.45, 2.75) is 26.4 Å². The number of rotatable bonds is 7. The molecule has 0 aliphatic rings. The van der Waals surface area contributed by atoms with Gasteiger partial charge in [-0.05, 0) is 35.4 Å². The summed E-state index contributed by atoms with van der Waals surface area (Å²) in [6, 6.07) is 12.6. The predicted octanol–water partition coefficient (Wildman–Crippen LogP) is 7.41. The largest absolute Gasteiger partial charge is 0.478 e. The van der Waals surface area contributed by atoms with Crippen molar-refractivity contribution in [1.29, 1.82) is 0 Å². The summed E-state index contributed by atoms with van der Waals surface area (Å²) >= 11 is 2.99. The van der Waals surface area contributed by atoms with Gasteiger partial charge in [0.15, 0.2) is 5.13 Å². The highest BCUT2D eigenvalue weighted by Gasteiger charge is 2.32. The fraction of sp³-hybridized carbons (Fsp3) is 0.200. The molecule has 0 radical (unpaired) electrons. The summed E-state index contributed by atoms with van der Waals surface area (Å²) in [6.45, 7) is 6.16. The van der Waals surface area contributed by atoms with Gasteiger partial charge in [-0.3, -0.25) is 0 Å². The minimum atomic E-state index is -4.69. The molecule has 0 aliphatic carbocycles. The van der Waals surface area contributed by atoms with E-state index in [9.17, 15) is 23.1 Å². The van der Waals surface area contributed by atoms with Crippen molar-refractivity contribution in [2.75, 3.05) is 5.32 Å². The van der Waals surface area contributed by atoms with Gasteiger partial charge in [-0.2, -0.15) is 13.2 Å². The van der Waals surface area contributed by atoms with Gasteiger partial charge in [0.1, 0.15) is 18.2 Å². The SMILES string of the molecule is C=O.CC(C)Cc1sc(Nc2ncc(C(F)(F)F)cc2C(=O)O)nc1-c1ccc(-c2cccs2)cc1. The van der Waals surface area contributed by atoms with Crippen molar-refractivity contribution in [2.24, 2.45) is 5.92 Å². The number of hydrogen-bond acceptors (Lipinski definition) is 7. The lowest BCUT2D eigenvalue weighted by Crippen LogP contribution is -2.11. The number of carbonyl (C=O) groups is 2. The number of carboxylic acids is 1. The first-order valence-electron chi connectivity index (χ1n) is 10.6. The average molecular weight is 534 g/mol. The first-order valence-corrected chi connectivity index (χ1v) is 12.3. The van der Waals surface area contributed by atoms with Crippen LogP contribution in [-0.2, 0) is 17.4 Å². The molecule has 1 aromatic carbocycles. The maximum Gasteiger partial charge on any atom is 0.417 e. The summed E-state index contributed by atoms with van der Waals surface area (Å²) < 4.78 is 39.0. The molecule has 36 heavy (non-hydrogen) atoms. The number of aromatic nitrogens is 2. The van der Waals surface area contributed by atoms with Gasteiger partial charge in [0.25, 0.3) is 0 Å². The number of aromatic carboxylic acids is 1. The van der Waals surface area contributed by atoms with Crippen LogP contribution in [0.2, 0.25) is 0 Å². The maximum atomic E-state index is 13.0. The summed E-state index contributed by atoms with van der Waals surface area (Å²) in [4.78, 5) is 30.1. The number of alkyl halides is 3. The number of thiazole rings is 1. The molecule has 188 valence electrons. The molecule has 0 amide bonds. The Morgan fingerprint density at radius 3 is 2.36 bits per heavy atom. The Balaban J connectivity index is 0.00000176. The van der Waals surface area contributed by atoms with Crippen molar-refractivity contribution in [3.05, 3.63) is 70.0 Å². The molecule has 4 rings (SSSR count). The third kappa shape index (κ3) is 6.35. The van der Waals surface area contributed by atoms with E-state index in [4.69, 9.17) is 4.79 Å². The molecule has 3 heterocycles. The summed E-state index contributed by atoms with van der Waals surface area (Å²) in [7, 11) is 0. The second-order valence-electron chi connectivity index (χ2n) is 7.99. The standard InChI is InChI=1S/C24H20F3N3O2S2.CH2O/c1-13(2)10-19-20(15-7-5-14(6-8-15)18-4-3-9-33-18)29-23(34-19)30-21-17(22(31)32)11-16(12-28-21)24(25,26)27;1-2/h3-9,11-13H,10H2,1-2H3,(H,31,32)(H,28,29,30);1H2.